The van der Waals surface area contributed by atoms with Crippen LogP contribution in [0.15, 0.2) is 16.6 Å². The van der Waals surface area contributed by atoms with Crippen molar-refractivity contribution < 1.29 is 23.5 Å². The van der Waals surface area contributed by atoms with Crippen molar-refractivity contribution in [3.63, 3.8) is 0 Å². The molecule has 0 unspecified atom stereocenters. The summed E-state index contributed by atoms with van der Waals surface area (Å²) >= 11 is 2.90. The summed E-state index contributed by atoms with van der Waals surface area (Å²) in [5, 5.41) is 11.1. The van der Waals surface area contributed by atoms with Crippen LogP contribution < -0.4 is 5.32 Å². The fourth-order valence-corrected chi connectivity index (χ4v) is 1.63. The van der Waals surface area contributed by atoms with Gasteiger partial charge in [-0.25, -0.2) is 8.78 Å². The SMILES string of the molecule is CC(C)(CNC(=O)c1c(F)cc(Br)cc1F)C(=O)O. The number of benzene rings is 1. The van der Waals surface area contributed by atoms with Crippen LogP contribution in [-0.2, 0) is 4.79 Å². The van der Waals surface area contributed by atoms with Crippen LogP contribution in [0.3, 0.4) is 0 Å². The van der Waals surface area contributed by atoms with Crippen molar-refractivity contribution in [3.8, 4) is 0 Å². The molecule has 0 bridgehead atoms. The summed E-state index contributed by atoms with van der Waals surface area (Å²) in [5.74, 6) is -4.14. The highest BCUT2D eigenvalue weighted by Gasteiger charge is 2.28. The first-order valence-corrected chi connectivity index (χ1v) is 6.10. The summed E-state index contributed by atoms with van der Waals surface area (Å²) in [4.78, 5) is 22.5. The lowest BCUT2D eigenvalue weighted by Gasteiger charge is -2.19. The number of halogens is 3. The first-order valence-electron chi connectivity index (χ1n) is 5.31. The van der Waals surface area contributed by atoms with Crippen LogP contribution in [-0.4, -0.2) is 23.5 Å². The predicted octanol–water partition coefficient (Wildman–Crippen LogP) is 2.57. The number of hydrogen-bond donors (Lipinski definition) is 2. The number of aliphatic carboxylic acids is 1. The maximum Gasteiger partial charge on any atom is 0.310 e. The highest BCUT2D eigenvalue weighted by atomic mass is 79.9. The standard InChI is InChI=1S/C12H12BrF2NO3/c1-12(2,11(18)19)5-16-10(17)9-7(14)3-6(13)4-8(9)15/h3-4H,5H2,1-2H3,(H,16,17)(H,18,19). The van der Waals surface area contributed by atoms with Gasteiger partial charge in [-0.15, -0.1) is 0 Å². The van der Waals surface area contributed by atoms with E-state index in [1.807, 2.05) is 0 Å². The van der Waals surface area contributed by atoms with Crippen molar-refractivity contribution in [1.82, 2.24) is 5.32 Å². The lowest BCUT2D eigenvalue weighted by molar-refractivity contribution is -0.146. The van der Waals surface area contributed by atoms with Crippen molar-refractivity contribution in [1.29, 1.82) is 0 Å². The van der Waals surface area contributed by atoms with E-state index in [1.54, 1.807) is 0 Å². The van der Waals surface area contributed by atoms with E-state index in [1.165, 1.54) is 13.8 Å². The molecule has 7 heteroatoms. The van der Waals surface area contributed by atoms with Crippen molar-refractivity contribution in [2.24, 2.45) is 5.41 Å². The molecule has 0 heterocycles. The second kappa shape index (κ2) is 5.64. The molecule has 0 fully saturated rings. The van der Waals surface area contributed by atoms with Gasteiger partial charge in [0.2, 0.25) is 0 Å². The maximum absolute atomic E-state index is 13.5. The minimum absolute atomic E-state index is 0.171. The Balaban J connectivity index is 2.89. The molecule has 0 saturated heterocycles. The quantitative estimate of drug-likeness (QED) is 0.888. The largest absolute Gasteiger partial charge is 0.481 e. The number of carboxylic acid groups (broad SMARTS) is 1. The van der Waals surface area contributed by atoms with Crippen molar-refractivity contribution >= 4 is 27.8 Å². The van der Waals surface area contributed by atoms with Gasteiger partial charge < -0.3 is 10.4 Å². The molecule has 1 aromatic rings. The van der Waals surface area contributed by atoms with Gasteiger partial charge in [-0.05, 0) is 26.0 Å². The Kier molecular flexibility index (Phi) is 4.62. The molecule has 104 valence electrons. The topological polar surface area (TPSA) is 66.4 Å². The second-order valence-electron chi connectivity index (χ2n) is 4.62. The third-order valence-corrected chi connectivity index (χ3v) is 2.96. The van der Waals surface area contributed by atoms with Gasteiger partial charge in [0, 0.05) is 11.0 Å². The molecule has 2 N–H and O–H groups in total. The molecular formula is C12H12BrF2NO3. The fraction of sp³-hybridized carbons (Fsp3) is 0.333. The highest BCUT2D eigenvalue weighted by molar-refractivity contribution is 9.10. The van der Waals surface area contributed by atoms with Gasteiger partial charge in [0.1, 0.15) is 17.2 Å². The normalized spacial score (nSPS) is 11.2. The lowest BCUT2D eigenvalue weighted by atomic mass is 9.94. The molecule has 0 aliphatic heterocycles. The summed E-state index contributed by atoms with van der Waals surface area (Å²) in [6, 6.07) is 1.92. The number of hydrogen-bond acceptors (Lipinski definition) is 2. The Bertz CT molecular complexity index is 509. The Hall–Kier alpha value is -1.50. The van der Waals surface area contributed by atoms with Crippen LogP contribution in [0.1, 0.15) is 24.2 Å². The molecule has 1 aromatic carbocycles. The third-order valence-electron chi connectivity index (χ3n) is 2.50. The van der Waals surface area contributed by atoms with E-state index in [0.717, 1.165) is 12.1 Å². The van der Waals surface area contributed by atoms with Crippen molar-refractivity contribution in [2.45, 2.75) is 13.8 Å². The van der Waals surface area contributed by atoms with E-state index in [4.69, 9.17) is 5.11 Å². The summed E-state index contributed by atoms with van der Waals surface area (Å²) in [7, 11) is 0. The Labute approximate surface area is 116 Å². The van der Waals surface area contributed by atoms with Gasteiger partial charge in [0.05, 0.1) is 5.41 Å². The zero-order chi connectivity index (χ0) is 14.8. The van der Waals surface area contributed by atoms with Gasteiger partial charge >= 0.3 is 5.97 Å². The summed E-state index contributed by atoms with van der Waals surface area (Å²) < 4.78 is 27.2. The molecule has 0 saturated carbocycles. The van der Waals surface area contributed by atoms with Crippen LogP contribution >= 0.6 is 15.9 Å². The fourth-order valence-electron chi connectivity index (χ4n) is 1.22. The monoisotopic (exact) mass is 335 g/mol. The van der Waals surface area contributed by atoms with Crippen LogP contribution in [0.2, 0.25) is 0 Å². The minimum atomic E-state index is -1.22. The predicted molar refractivity (Wildman–Crippen MR) is 67.8 cm³/mol. The van der Waals surface area contributed by atoms with Gasteiger partial charge in [-0.2, -0.15) is 0 Å². The van der Waals surface area contributed by atoms with Gasteiger partial charge in [-0.1, -0.05) is 15.9 Å². The first kappa shape index (κ1) is 15.6. The smallest absolute Gasteiger partial charge is 0.310 e. The summed E-state index contributed by atoms with van der Waals surface area (Å²) in [6.07, 6.45) is 0. The highest BCUT2D eigenvalue weighted by Crippen LogP contribution is 2.20. The first-order chi connectivity index (χ1) is 8.65. The van der Waals surface area contributed by atoms with E-state index in [-0.39, 0.29) is 11.0 Å². The zero-order valence-electron chi connectivity index (χ0n) is 10.3. The van der Waals surface area contributed by atoms with Crippen molar-refractivity contribution in [2.75, 3.05) is 6.54 Å². The van der Waals surface area contributed by atoms with Gasteiger partial charge in [0.25, 0.3) is 5.91 Å². The van der Waals surface area contributed by atoms with Gasteiger partial charge in [0.15, 0.2) is 0 Å². The number of carbonyl (C=O) groups excluding carboxylic acids is 1. The molecule has 0 aliphatic rings. The summed E-state index contributed by atoms with van der Waals surface area (Å²) in [5.41, 5.74) is -1.96. The number of carboxylic acids is 1. The number of rotatable bonds is 4. The maximum atomic E-state index is 13.5. The van der Waals surface area contributed by atoms with E-state index in [2.05, 4.69) is 21.2 Å². The average Bonchev–Trinajstić information content (AvgIpc) is 2.24. The number of nitrogens with one attached hydrogen (secondary N) is 1. The van der Waals surface area contributed by atoms with Crippen LogP contribution in [0, 0.1) is 17.0 Å². The van der Waals surface area contributed by atoms with Crippen LogP contribution in [0.5, 0.6) is 0 Å². The van der Waals surface area contributed by atoms with Gasteiger partial charge in [-0.3, -0.25) is 9.59 Å². The Morgan fingerprint density at radius 3 is 2.21 bits per heavy atom. The Morgan fingerprint density at radius 1 is 1.32 bits per heavy atom. The summed E-state index contributed by atoms with van der Waals surface area (Å²) in [6.45, 7) is 2.55. The minimum Gasteiger partial charge on any atom is -0.481 e. The lowest BCUT2D eigenvalue weighted by Crippen LogP contribution is -2.39. The van der Waals surface area contributed by atoms with Crippen LogP contribution in [0.25, 0.3) is 0 Å². The molecule has 0 aromatic heterocycles. The molecule has 0 atom stereocenters. The number of carbonyl (C=O) groups is 2. The molecule has 1 rings (SSSR count). The van der Waals surface area contributed by atoms with E-state index in [9.17, 15) is 18.4 Å². The molecular weight excluding hydrogens is 324 g/mol. The molecule has 0 radical (unpaired) electrons. The molecule has 4 nitrogen and oxygen atoms in total. The molecule has 1 amide bonds. The molecule has 0 aliphatic carbocycles. The second-order valence-corrected chi connectivity index (χ2v) is 5.53. The molecule has 0 spiro atoms. The Morgan fingerprint density at radius 2 is 1.79 bits per heavy atom. The van der Waals surface area contributed by atoms with E-state index >= 15 is 0 Å². The third kappa shape index (κ3) is 3.73. The zero-order valence-corrected chi connectivity index (χ0v) is 11.8. The van der Waals surface area contributed by atoms with E-state index in [0.29, 0.717) is 0 Å². The van der Waals surface area contributed by atoms with Crippen molar-refractivity contribution in [3.05, 3.63) is 33.8 Å². The van der Waals surface area contributed by atoms with E-state index < -0.39 is 34.5 Å². The van der Waals surface area contributed by atoms with Crippen LogP contribution in [0.4, 0.5) is 8.78 Å². The number of amides is 1. The molecule has 19 heavy (non-hydrogen) atoms. The average molecular weight is 336 g/mol.